The molecule has 0 radical (unpaired) electrons. The molecule has 0 amide bonds. The van der Waals surface area contributed by atoms with E-state index in [1.165, 1.54) is 13.2 Å². The molecule has 20 heavy (non-hydrogen) atoms. The Morgan fingerprint density at radius 2 is 1.75 bits per heavy atom. The van der Waals surface area contributed by atoms with Gasteiger partial charge in [-0.25, -0.2) is 9.82 Å². The molecule has 1 unspecified atom stereocenters. The second kappa shape index (κ2) is 6.41. The van der Waals surface area contributed by atoms with Gasteiger partial charge in [0.1, 0.15) is 11.6 Å². The van der Waals surface area contributed by atoms with Gasteiger partial charge in [0.25, 0.3) is 0 Å². The molecule has 0 aliphatic heterocycles. The summed E-state index contributed by atoms with van der Waals surface area (Å²) in [4.78, 5) is 0. The maximum Gasteiger partial charge on any atom is 0.129 e. The lowest BCUT2D eigenvalue weighted by atomic mass is 9.98. The molecule has 3 nitrogen and oxygen atoms in total. The van der Waals surface area contributed by atoms with Gasteiger partial charge in [0.15, 0.2) is 0 Å². The molecule has 0 bridgehead atoms. The Morgan fingerprint density at radius 1 is 1.10 bits per heavy atom. The summed E-state index contributed by atoms with van der Waals surface area (Å²) in [5.74, 6) is 5.67. The highest BCUT2D eigenvalue weighted by atomic mass is 35.5. The number of hydrogen-bond donors (Lipinski definition) is 2. The van der Waals surface area contributed by atoms with E-state index in [-0.39, 0.29) is 0 Å². The average Bonchev–Trinajstić information content (AvgIpc) is 2.42. The summed E-state index contributed by atoms with van der Waals surface area (Å²) in [7, 11) is 1.53. The zero-order valence-corrected chi connectivity index (χ0v) is 12.2. The highest BCUT2D eigenvalue weighted by Crippen LogP contribution is 2.33. The van der Waals surface area contributed by atoms with Crippen molar-refractivity contribution >= 4 is 23.2 Å². The van der Waals surface area contributed by atoms with Crippen LogP contribution < -0.4 is 16.0 Å². The van der Waals surface area contributed by atoms with E-state index < -0.39 is 11.9 Å². The Hall–Kier alpha value is -1.33. The van der Waals surface area contributed by atoms with Crippen molar-refractivity contribution in [1.82, 2.24) is 5.43 Å². The van der Waals surface area contributed by atoms with E-state index in [1.54, 1.807) is 30.3 Å². The zero-order chi connectivity index (χ0) is 14.7. The number of ether oxygens (including phenoxy) is 1. The first-order valence-electron chi connectivity index (χ1n) is 5.81. The van der Waals surface area contributed by atoms with E-state index in [1.807, 2.05) is 0 Å². The highest BCUT2D eigenvalue weighted by Gasteiger charge is 2.20. The van der Waals surface area contributed by atoms with Crippen molar-refractivity contribution in [2.45, 2.75) is 6.04 Å². The lowest BCUT2D eigenvalue weighted by Crippen LogP contribution is -2.29. The van der Waals surface area contributed by atoms with Crippen molar-refractivity contribution in [1.29, 1.82) is 0 Å². The van der Waals surface area contributed by atoms with Gasteiger partial charge in [-0.3, -0.25) is 5.84 Å². The summed E-state index contributed by atoms with van der Waals surface area (Å²) in [6.45, 7) is 0. The van der Waals surface area contributed by atoms with Crippen molar-refractivity contribution in [2.75, 3.05) is 7.11 Å². The molecule has 0 saturated heterocycles. The predicted octanol–water partition coefficient (Wildman–Crippen LogP) is 3.69. The molecule has 0 heterocycles. The monoisotopic (exact) mass is 314 g/mol. The lowest BCUT2D eigenvalue weighted by Gasteiger charge is -2.20. The summed E-state index contributed by atoms with van der Waals surface area (Å²) < 4.78 is 19.3. The van der Waals surface area contributed by atoms with Crippen LogP contribution in [0.5, 0.6) is 5.75 Å². The van der Waals surface area contributed by atoms with Crippen LogP contribution in [0.1, 0.15) is 17.2 Å². The van der Waals surface area contributed by atoms with Gasteiger partial charge >= 0.3 is 0 Å². The highest BCUT2D eigenvalue weighted by molar-refractivity contribution is 6.31. The quantitative estimate of drug-likeness (QED) is 0.668. The number of methoxy groups -OCH3 is 1. The minimum atomic E-state index is -0.596. The first kappa shape index (κ1) is 15.1. The lowest BCUT2D eigenvalue weighted by molar-refractivity contribution is 0.403. The normalized spacial score (nSPS) is 12.2. The number of nitrogens with one attached hydrogen (secondary N) is 1. The summed E-state index contributed by atoms with van der Waals surface area (Å²) >= 11 is 11.7. The van der Waals surface area contributed by atoms with E-state index in [2.05, 4.69) is 5.43 Å². The third kappa shape index (κ3) is 3.04. The minimum absolute atomic E-state index is 0.320. The Morgan fingerprint density at radius 3 is 2.35 bits per heavy atom. The fourth-order valence-corrected chi connectivity index (χ4v) is 2.35. The van der Waals surface area contributed by atoms with E-state index in [0.29, 0.717) is 26.9 Å². The van der Waals surface area contributed by atoms with Crippen LogP contribution in [-0.2, 0) is 0 Å². The van der Waals surface area contributed by atoms with Crippen molar-refractivity contribution in [3.05, 3.63) is 63.4 Å². The average molecular weight is 315 g/mol. The van der Waals surface area contributed by atoms with Crippen LogP contribution in [0.2, 0.25) is 10.0 Å². The van der Waals surface area contributed by atoms with Gasteiger partial charge < -0.3 is 4.74 Å². The van der Waals surface area contributed by atoms with Crippen LogP contribution in [-0.4, -0.2) is 7.11 Å². The Bertz CT molecular complexity index is 622. The van der Waals surface area contributed by atoms with Crippen LogP contribution in [0.25, 0.3) is 0 Å². The van der Waals surface area contributed by atoms with E-state index >= 15 is 0 Å². The zero-order valence-electron chi connectivity index (χ0n) is 10.7. The van der Waals surface area contributed by atoms with Gasteiger partial charge in [0, 0.05) is 21.2 Å². The molecule has 3 N–H and O–H groups in total. The van der Waals surface area contributed by atoms with E-state index in [4.69, 9.17) is 33.8 Å². The summed E-state index contributed by atoms with van der Waals surface area (Å²) in [5.41, 5.74) is 3.58. The second-order valence-corrected chi connectivity index (χ2v) is 5.02. The molecule has 0 aliphatic rings. The molecule has 2 aromatic rings. The topological polar surface area (TPSA) is 47.3 Å². The van der Waals surface area contributed by atoms with Gasteiger partial charge in [-0.1, -0.05) is 29.3 Å². The van der Waals surface area contributed by atoms with E-state index in [0.717, 1.165) is 0 Å². The van der Waals surface area contributed by atoms with Crippen molar-refractivity contribution in [2.24, 2.45) is 5.84 Å². The molecule has 0 fully saturated rings. The minimum Gasteiger partial charge on any atom is -0.496 e. The number of nitrogens with two attached hydrogens (primary N) is 1. The first-order chi connectivity index (χ1) is 9.56. The Kier molecular flexibility index (Phi) is 4.83. The third-order valence-electron chi connectivity index (χ3n) is 2.94. The van der Waals surface area contributed by atoms with Crippen LogP contribution in [0.15, 0.2) is 36.4 Å². The number of hydrogen-bond acceptors (Lipinski definition) is 3. The molecule has 2 rings (SSSR count). The van der Waals surface area contributed by atoms with Gasteiger partial charge in [-0.2, -0.15) is 0 Å². The van der Waals surface area contributed by atoms with Crippen LogP contribution in [0.3, 0.4) is 0 Å². The van der Waals surface area contributed by atoms with Gasteiger partial charge in [-0.05, 0) is 30.3 Å². The second-order valence-electron chi connectivity index (χ2n) is 4.15. The SMILES string of the molecule is COc1ccc(Cl)cc1C(NN)c1ccc(Cl)cc1F. The van der Waals surface area contributed by atoms with E-state index in [9.17, 15) is 4.39 Å². The number of rotatable bonds is 4. The fourth-order valence-electron chi connectivity index (χ4n) is 2.01. The van der Waals surface area contributed by atoms with Crippen LogP contribution in [0.4, 0.5) is 4.39 Å². The smallest absolute Gasteiger partial charge is 0.129 e. The van der Waals surface area contributed by atoms with Crippen LogP contribution in [0, 0.1) is 5.82 Å². The molecule has 0 aliphatic carbocycles. The van der Waals surface area contributed by atoms with Gasteiger partial charge in [0.05, 0.1) is 13.2 Å². The number of hydrazine groups is 1. The maximum absolute atomic E-state index is 14.1. The molecule has 0 aromatic heterocycles. The molecule has 2 aromatic carbocycles. The van der Waals surface area contributed by atoms with Crippen LogP contribution >= 0.6 is 23.2 Å². The van der Waals surface area contributed by atoms with Crippen molar-refractivity contribution in [3.63, 3.8) is 0 Å². The van der Waals surface area contributed by atoms with Crippen molar-refractivity contribution < 1.29 is 9.13 Å². The standard InChI is InChI=1S/C14H13Cl2FN2O/c1-20-13-5-3-8(15)6-11(13)14(19-18)10-4-2-9(16)7-12(10)17/h2-7,14,19H,18H2,1H3. The first-order valence-corrected chi connectivity index (χ1v) is 6.57. The molecule has 0 spiro atoms. The Balaban J connectivity index is 2.54. The molecule has 106 valence electrons. The third-order valence-corrected chi connectivity index (χ3v) is 3.41. The Labute approximate surface area is 126 Å². The molecular weight excluding hydrogens is 302 g/mol. The summed E-state index contributed by atoms with van der Waals surface area (Å²) in [5, 5.41) is 0.829. The van der Waals surface area contributed by atoms with Gasteiger partial charge in [-0.15, -0.1) is 0 Å². The van der Waals surface area contributed by atoms with Gasteiger partial charge in [0.2, 0.25) is 0 Å². The molecular formula is C14H13Cl2FN2O. The molecule has 1 atom stereocenters. The summed E-state index contributed by atoms with van der Waals surface area (Å²) in [6, 6.07) is 8.88. The predicted molar refractivity (Wildman–Crippen MR) is 78.6 cm³/mol. The maximum atomic E-state index is 14.1. The number of halogens is 3. The molecule has 6 heteroatoms. The summed E-state index contributed by atoms with van der Waals surface area (Å²) in [6.07, 6.45) is 0. The largest absolute Gasteiger partial charge is 0.496 e. The fraction of sp³-hybridized carbons (Fsp3) is 0.143. The number of benzene rings is 2. The van der Waals surface area contributed by atoms with Crippen molar-refractivity contribution in [3.8, 4) is 5.75 Å². The molecule has 0 saturated carbocycles.